The van der Waals surface area contributed by atoms with E-state index in [1.54, 1.807) is 27.7 Å². The minimum atomic E-state index is -1.49. The molecule has 0 rings (SSSR count). The van der Waals surface area contributed by atoms with E-state index < -0.39 is 72.7 Å². The highest BCUT2D eigenvalue weighted by molar-refractivity contribution is 5.96. The zero-order valence-corrected chi connectivity index (χ0v) is 17.7. The number of nitrogens with two attached hydrogens (primary N) is 2. The van der Waals surface area contributed by atoms with Gasteiger partial charge >= 0.3 is 5.97 Å². The second-order valence-corrected chi connectivity index (χ2v) is 7.46. The van der Waals surface area contributed by atoms with Gasteiger partial charge in [0.25, 0.3) is 0 Å². The van der Waals surface area contributed by atoms with Crippen LogP contribution in [0.2, 0.25) is 0 Å². The third-order valence-electron chi connectivity index (χ3n) is 4.65. The smallest absolute Gasteiger partial charge is 0.326 e. The molecule has 4 amide bonds. The first-order valence-electron chi connectivity index (χ1n) is 9.64. The molecular weight excluding hydrogens is 398 g/mol. The number of aliphatic carboxylic acids is 1. The van der Waals surface area contributed by atoms with Crippen molar-refractivity contribution in [2.24, 2.45) is 23.3 Å². The van der Waals surface area contributed by atoms with E-state index in [1.165, 1.54) is 0 Å². The molecule has 0 saturated heterocycles. The van der Waals surface area contributed by atoms with E-state index in [1.807, 2.05) is 0 Å². The van der Waals surface area contributed by atoms with Crippen LogP contribution >= 0.6 is 0 Å². The molecule has 5 unspecified atom stereocenters. The lowest BCUT2D eigenvalue weighted by atomic mass is 9.98. The van der Waals surface area contributed by atoms with Crippen molar-refractivity contribution in [3.05, 3.63) is 0 Å². The molecule has 0 fully saturated rings. The van der Waals surface area contributed by atoms with Gasteiger partial charge in [-0.1, -0.05) is 34.1 Å². The Kier molecular flexibility index (Phi) is 11.6. The molecule has 0 aliphatic carbocycles. The highest BCUT2D eigenvalue weighted by Gasteiger charge is 2.32. The number of nitrogens with one attached hydrogen (secondary N) is 3. The zero-order valence-electron chi connectivity index (χ0n) is 17.7. The van der Waals surface area contributed by atoms with Crippen LogP contribution in [0.25, 0.3) is 0 Å². The van der Waals surface area contributed by atoms with Gasteiger partial charge in [-0.15, -0.1) is 0 Å². The largest absolute Gasteiger partial charge is 0.480 e. The molecule has 0 radical (unpaired) electrons. The fourth-order valence-electron chi connectivity index (χ4n) is 2.38. The summed E-state index contributed by atoms with van der Waals surface area (Å²) in [6, 6.07) is -5.10. The molecule has 0 spiro atoms. The fourth-order valence-corrected chi connectivity index (χ4v) is 2.38. The molecule has 0 aliphatic heterocycles. The summed E-state index contributed by atoms with van der Waals surface area (Å²) in [7, 11) is 0. The van der Waals surface area contributed by atoms with Crippen LogP contribution in [-0.2, 0) is 24.0 Å². The number of aliphatic hydroxyl groups is 1. The quantitative estimate of drug-likeness (QED) is 0.164. The van der Waals surface area contributed by atoms with Crippen LogP contribution in [0.15, 0.2) is 0 Å². The maximum atomic E-state index is 12.5. The van der Waals surface area contributed by atoms with E-state index in [2.05, 4.69) is 16.0 Å². The Balaban J connectivity index is 5.36. The molecular formula is C18H33N5O7. The normalized spacial score (nSPS) is 16.0. The van der Waals surface area contributed by atoms with Crippen LogP contribution in [0.1, 0.15) is 40.5 Å². The van der Waals surface area contributed by atoms with Crippen LogP contribution < -0.4 is 27.4 Å². The molecule has 5 atom stereocenters. The van der Waals surface area contributed by atoms with Gasteiger partial charge in [-0.25, -0.2) is 4.79 Å². The number of hydrogen-bond donors (Lipinski definition) is 7. The van der Waals surface area contributed by atoms with Gasteiger partial charge in [0.2, 0.25) is 23.6 Å². The first-order valence-corrected chi connectivity index (χ1v) is 9.64. The third kappa shape index (κ3) is 8.74. The van der Waals surface area contributed by atoms with E-state index >= 15 is 0 Å². The van der Waals surface area contributed by atoms with E-state index in [0.29, 0.717) is 6.42 Å². The van der Waals surface area contributed by atoms with E-state index in [0.717, 1.165) is 0 Å². The molecule has 0 aliphatic rings. The van der Waals surface area contributed by atoms with E-state index in [-0.39, 0.29) is 5.92 Å². The Morgan fingerprint density at radius 2 is 1.40 bits per heavy atom. The van der Waals surface area contributed by atoms with E-state index in [9.17, 15) is 34.2 Å². The second kappa shape index (κ2) is 12.8. The predicted molar refractivity (Wildman–Crippen MR) is 107 cm³/mol. The van der Waals surface area contributed by atoms with Crippen molar-refractivity contribution < 1.29 is 34.2 Å². The number of carbonyl (C=O) groups excluding carboxylic acids is 4. The molecule has 9 N–H and O–H groups in total. The highest BCUT2D eigenvalue weighted by atomic mass is 16.4. The first kappa shape index (κ1) is 27.3. The summed E-state index contributed by atoms with van der Waals surface area (Å²) in [5.41, 5.74) is 10.8. The number of carboxylic acids is 1. The van der Waals surface area contributed by atoms with Crippen molar-refractivity contribution in [1.29, 1.82) is 0 Å². The molecule has 0 saturated carbocycles. The topological polar surface area (TPSA) is 214 Å². The van der Waals surface area contributed by atoms with E-state index in [4.69, 9.17) is 11.5 Å². The molecule has 0 aromatic rings. The molecule has 172 valence electrons. The van der Waals surface area contributed by atoms with Gasteiger partial charge in [-0.05, 0) is 11.8 Å². The number of amides is 4. The molecule has 0 heterocycles. The van der Waals surface area contributed by atoms with Crippen molar-refractivity contribution in [3.63, 3.8) is 0 Å². The Labute approximate surface area is 175 Å². The van der Waals surface area contributed by atoms with Crippen molar-refractivity contribution >= 4 is 29.6 Å². The average molecular weight is 431 g/mol. The summed E-state index contributed by atoms with van der Waals surface area (Å²) in [4.78, 5) is 59.7. The molecule has 12 nitrogen and oxygen atoms in total. The zero-order chi connectivity index (χ0) is 23.6. The summed E-state index contributed by atoms with van der Waals surface area (Å²) in [6.45, 7) is 5.96. The summed E-state index contributed by atoms with van der Waals surface area (Å²) < 4.78 is 0. The van der Waals surface area contributed by atoms with Crippen molar-refractivity contribution in [1.82, 2.24) is 16.0 Å². The Morgan fingerprint density at radius 1 is 0.900 bits per heavy atom. The minimum absolute atomic E-state index is 0.228. The molecule has 0 bridgehead atoms. The van der Waals surface area contributed by atoms with Crippen LogP contribution in [0.5, 0.6) is 0 Å². The lowest BCUT2D eigenvalue weighted by molar-refractivity contribution is -0.144. The van der Waals surface area contributed by atoms with Gasteiger partial charge in [-0.2, -0.15) is 0 Å². The molecule has 0 aromatic carbocycles. The van der Waals surface area contributed by atoms with Crippen molar-refractivity contribution in [2.45, 2.75) is 64.7 Å². The summed E-state index contributed by atoms with van der Waals surface area (Å²) in [5.74, 6) is -5.41. The van der Waals surface area contributed by atoms with Gasteiger partial charge in [-0.3, -0.25) is 19.2 Å². The molecule has 30 heavy (non-hydrogen) atoms. The monoisotopic (exact) mass is 431 g/mol. The number of aliphatic hydroxyl groups excluding tert-OH is 1. The average Bonchev–Trinajstić information content (AvgIpc) is 2.66. The lowest BCUT2D eigenvalue weighted by Gasteiger charge is -2.25. The lowest BCUT2D eigenvalue weighted by Crippen LogP contribution is -2.59. The van der Waals surface area contributed by atoms with Crippen LogP contribution in [0.3, 0.4) is 0 Å². The van der Waals surface area contributed by atoms with Gasteiger partial charge in [0, 0.05) is 0 Å². The van der Waals surface area contributed by atoms with Gasteiger partial charge in [0.15, 0.2) is 0 Å². The first-order chi connectivity index (χ1) is 13.8. The van der Waals surface area contributed by atoms with Crippen LogP contribution in [0.4, 0.5) is 0 Å². The summed E-state index contributed by atoms with van der Waals surface area (Å²) >= 11 is 0. The number of carboxylic acid groups (broad SMARTS) is 1. The summed E-state index contributed by atoms with van der Waals surface area (Å²) in [5, 5.41) is 25.5. The highest BCUT2D eigenvalue weighted by Crippen LogP contribution is 2.09. The van der Waals surface area contributed by atoms with Gasteiger partial charge < -0.3 is 37.6 Å². The maximum Gasteiger partial charge on any atom is 0.326 e. The van der Waals surface area contributed by atoms with Crippen molar-refractivity contribution in [3.8, 4) is 0 Å². The SMILES string of the molecule is CCC(C)C(NC(=O)C(CC(N)=O)NC(=O)C(CO)NC(=O)C(N)C(C)C)C(=O)O. The third-order valence-corrected chi connectivity index (χ3v) is 4.65. The Morgan fingerprint density at radius 3 is 1.80 bits per heavy atom. The Bertz CT molecular complexity index is 640. The van der Waals surface area contributed by atoms with Crippen LogP contribution in [-0.4, -0.2) is 70.6 Å². The number of rotatable bonds is 13. The minimum Gasteiger partial charge on any atom is -0.480 e. The number of carbonyl (C=O) groups is 5. The summed E-state index contributed by atoms with van der Waals surface area (Å²) in [6.07, 6.45) is -0.152. The molecule has 12 heteroatoms. The van der Waals surface area contributed by atoms with Crippen LogP contribution in [0, 0.1) is 11.8 Å². The standard InChI is InChI=1S/C18H33N5O7/c1-5-9(4)14(18(29)30)23-15(26)10(6-12(19)25)21-16(27)11(7-24)22-17(28)13(20)8(2)3/h8-11,13-14,24H,5-7,20H2,1-4H3,(H2,19,25)(H,21,27)(H,22,28)(H,23,26)(H,29,30). The van der Waals surface area contributed by atoms with Gasteiger partial charge in [0.1, 0.15) is 18.1 Å². The maximum absolute atomic E-state index is 12.5. The number of hydrogen-bond acceptors (Lipinski definition) is 7. The Hall–Kier alpha value is -2.73. The predicted octanol–water partition coefficient (Wildman–Crippen LogP) is -2.58. The fraction of sp³-hybridized carbons (Fsp3) is 0.722. The number of primary amides is 1. The molecule has 0 aromatic heterocycles. The van der Waals surface area contributed by atoms with Gasteiger partial charge in [0.05, 0.1) is 19.1 Å². The van der Waals surface area contributed by atoms with Crippen molar-refractivity contribution in [2.75, 3.05) is 6.61 Å². The second-order valence-electron chi connectivity index (χ2n) is 7.46.